The van der Waals surface area contributed by atoms with Crippen molar-refractivity contribution >= 4 is 45.7 Å². The van der Waals surface area contributed by atoms with E-state index in [1.54, 1.807) is 0 Å². The third-order valence-electron chi connectivity index (χ3n) is 8.17. The van der Waals surface area contributed by atoms with Crippen molar-refractivity contribution < 1.29 is 36.7 Å². The Bertz CT molecular complexity index is 1530. The van der Waals surface area contributed by atoms with Crippen LogP contribution in [0, 0.1) is 11.6 Å². The zero-order valence-corrected chi connectivity index (χ0v) is 29.8. The van der Waals surface area contributed by atoms with Gasteiger partial charge in [-0.05, 0) is 54.5 Å². The number of amides is 3. The summed E-state index contributed by atoms with van der Waals surface area (Å²) >= 11 is 0. The van der Waals surface area contributed by atoms with Crippen molar-refractivity contribution in [1.29, 1.82) is 0 Å². The summed E-state index contributed by atoms with van der Waals surface area (Å²) in [5.41, 5.74) is 4.39. The summed E-state index contributed by atoms with van der Waals surface area (Å²) in [5.74, 6) is -4.52. The SMILES string of the molecule is CCCC(CCC)S(=O)(=O)CC(NC(=O)C1=NNC(=O)CC1)C(=O)N[C@@H](Cc1cc(F)cc(F)c1)[C@H](O)CNCc1cccc(CC)c1.Cl. The van der Waals surface area contributed by atoms with Gasteiger partial charge in [0.15, 0.2) is 9.84 Å². The van der Waals surface area contributed by atoms with Crippen LogP contribution in [0.4, 0.5) is 8.78 Å². The molecule has 3 atom stereocenters. The molecular weight excluding hydrogens is 680 g/mol. The maximum absolute atomic E-state index is 14.1. The van der Waals surface area contributed by atoms with Crippen molar-refractivity contribution in [2.24, 2.45) is 5.10 Å². The van der Waals surface area contributed by atoms with Crippen LogP contribution in [0.5, 0.6) is 0 Å². The predicted molar refractivity (Wildman–Crippen MR) is 187 cm³/mol. The molecule has 0 radical (unpaired) electrons. The number of aryl methyl sites for hydroxylation is 1. The second-order valence-electron chi connectivity index (χ2n) is 12.1. The molecule has 2 aromatic carbocycles. The molecule has 0 aromatic heterocycles. The lowest BCUT2D eigenvalue weighted by molar-refractivity contribution is -0.127. The molecule has 1 heterocycles. The lowest BCUT2D eigenvalue weighted by Gasteiger charge is -2.28. The van der Waals surface area contributed by atoms with Crippen LogP contribution in [-0.2, 0) is 43.6 Å². The van der Waals surface area contributed by atoms with Crippen LogP contribution in [0.15, 0.2) is 47.6 Å². The van der Waals surface area contributed by atoms with E-state index in [9.17, 15) is 36.7 Å². The first-order chi connectivity index (χ1) is 22.8. The average molecular weight is 728 g/mol. The molecule has 11 nitrogen and oxygen atoms in total. The largest absolute Gasteiger partial charge is 0.390 e. The van der Waals surface area contributed by atoms with Crippen molar-refractivity contribution in [3.8, 4) is 0 Å². The second kappa shape index (κ2) is 20.3. The van der Waals surface area contributed by atoms with Gasteiger partial charge in [0.1, 0.15) is 23.4 Å². The highest BCUT2D eigenvalue weighted by atomic mass is 35.5. The minimum Gasteiger partial charge on any atom is -0.390 e. The quantitative estimate of drug-likeness (QED) is 0.148. The highest BCUT2D eigenvalue weighted by Gasteiger charge is 2.35. The molecule has 49 heavy (non-hydrogen) atoms. The molecule has 0 saturated carbocycles. The number of rotatable bonds is 19. The maximum Gasteiger partial charge on any atom is 0.268 e. The normalized spacial score (nSPS) is 15.0. The van der Waals surface area contributed by atoms with Gasteiger partial charge in [0.2, 0.25) is 11.8 Å². The molecule has 0 bridgehead atoms. The molecule has 272 valence electrons. The van der Waals surface area contributed by atoms with E-state index in [0.29, 0.717) is 38.3 Å². The molecule has 5 N–H and O–H groups in total. The van der Waals surface area contributed by atoms with Crippen molar-refractivity contribution in [2.75, 3.05) is 12.3 Å². The van der Waals surface area contributed by atoms with Gasteiger partial charge in [-0.2, -0.15) is 5.10 Å². The van der Waals surface area contributed by atoms with Gasteiger partial charge in [-0.3, -0.25) is 14.4 Å². The van der Waals surface area contributed by atoms with Crippen LogP contribution in [0.3, 0.4) is 0 Å². The van der Waals surface area contributed by atoms with Gasteiger partial charge in [-0.25, -0.2) is 22.6 Å². The van der Waals surface area contributed by atoms with Crippen molar-refractivity contribution in [2.45, 2.75) is 102 Å². The Hall–Kier alpha value is -3.46. The molecule has 1 aliphatic heterocycles. The number of carbonyl (C=O) groups excluding carboxylic acids is 3. The van der Waals surface area contributed by atoms with Gasteiger partial charge in [0.25, 0.3) is 5.91 Å². The van der Waals surface area contributed by atoms with Crippen LogP contribution in [-0.4, -0.2) is 72.7 Å². The predicted octanol–water partition coefficient (Wildman–Crippen LogP) is 3.26. The minimum absolute atomic E-state index is 0. The lowest BCUT2D eigenvalue weighted by atomic mass is 10.00. The summed E-state index contributed by atoms with van der Waals surface area (Å²) in [6.07, 6.45) is 1.28. The van der Waals surface area contributed by atoms with Gasteiger partial charge in [-0.1, -0.05) is 57.9 Å². The van der Waals surface area contributed by atoms with E-state index in [-0.39, 0.29) is 55.4 Å². The monoisotopic (exact) mass is 727 g/mol. The Morgan fingerprint density at radius 3 is 2.20 bits per heavy atom. The smallest absolute Gasteiger partial charge is 0.268 e. The van der Waals surface area contributed by atoms with Crippen LogP contribution < -0.4 is 21.4 Å². The Balaban J connectivity index is 0.00000833. The van der Waals surface area contributed by atoms with E-state index in [2.05, 4.69) is 26.5 Å². The first-order valence-corrected chi connectivity index (χ1v) is 18.2. The third-order valence-corrected chi connectivity index (χ3v) is 10.5. The number of aliphatic hydroxyl groups excluding tert-OH is 1. The number of nitrogens with zero attached hydrogens (tertiary/aromatic N) is 1. The number of halogens is 3. The summed E-state index contributed by atoms with van der Waals surface area (Å²) in [6.45, 7) is 6.12. The van der Waals surface area contributed by atoms with Gasteiger partial charge < -0.3 is 21.1 Å². The van der Waals surface area contributed by atoms with E-state index in [1.165, 1.54) is 0 Å². The van der Waals surface area contributed by atoms with Crippen LogP contribution in [0.2, 0.25) is 0 Å². The second-order valence-corrected chi connectivity index (χ2v) is 14.4. The van der Waals surface area contributed by atoms with Crippen molar-refractivity contribution in [3.63, 3.8) is 0 Å². The Labute approximate surface area is 293 Å². The topological polar surface area (TPSA) is 166 Å². The summed E-state index contributed by atoms with van der Waals surface area (Å²) in [5, 5.41) is 22.5. The summed E-state index contributed by atoms with van der Waals surface area (Å²) in [6, 6.07) is 8.01. The summed E-state index contributed by atoms with van der Waals surface area (Å²) in [7, 11) is -3.91. The van der Waals surface area contributed by atoms with Crippen molar-refractivity contribution in [3.05, 3.63) is 70.8 Å². The lowest BCUT2D eigenvalue weighted by Crippen LogP contribution is -2.58. The van der Waals surface area contributed by atoms with E-state index in [4.69, 9.17) is 0 Å². The molecule has 0 saturated heterocycles. The van der Waals surface area contributed by atoms with E-state index in [0.717, 1.165) is 29.7 Å². The van der Waals surface area contributed by atoms with Crippen molar-refractivity contribution in [1.82, 2.24) is 21.4 Å². The maximum atomic E-state index is 14.1. The first-order valence-electron chi connectivity index (χ1n) is 16.4. The number of nitrogens with one attached hydrogen (secondary N) is 4. The molecule has 3 amide bonds. The van der Waals surface area contributed by atoms with Gasteiger partial charge in [-0.15, -0.1) is 12.4 Å². The number of carbonyl (C=O) groups is 3. The minimum atomic E-state index is -3.91. The average Bonchev–Trinajstić information content (AvgIpc) is 3.03. The molecule has 0 aliphatic carbocycles. The number of hydrazone groups is 1. The van der Waals surface area contributed by atoms with E-state index in [1.807, 2.05) is 45.0 Å². The van der Waals surface area contributed by atoms with Gasteiger partial charge in [0, 0.05) is 32.0 Å². The number of hydrogen-bond donors (Lipinski definition) is 5. The Morgan fingerprint density at radius 1 is 0.959 bits per heavy atom. The van der Waals surface area contributed by atoms with Crippen LogP contribution >= 0.6 is 12.4 Å². The first kappa shape index (κ1) is 41.7. The molecular formula is C34H48ClF2N5O6S. The van der Waals surface area contributed by atoms with E-state index < -0.39 is 62.5 Å². The molecule has 3 rings (SSSR count). The molecule has 1 aliphatic rings. The summed E-state index contributed by atoms with van der Waals surface area (Å²) in [4.78, 5) is 38.5. The zero-order chi connectivity index (χ0) is 35.3. The molecule has 2 aromatic rings. The number of sulfone groups is 1. The van der Waals surface area contributed by atoms with Gasteiger partial charge in [0.05, 0.1) is 23.1 Å². The highest BCUT2D eigenvalue weighted by molar-refractivity contribution is 7.92. The number of hydrogen-bond acceptors (Lipinski definition) is 8. The number of benzene rings is 2. The fourth-order valence-electron chi connectivity index (χ4n) is 5.59. The Kier molecular flexibility index (Phi) is 17.3. The Morgan fingerprint density at radius 2 is 1.61 bits per heavy atom. The van der Waals surface area contributed by atoms with Crippen LogP contribution in [0.1, 0.15) is 76.0 Å². The molecule has 1 unspecified atom stereocenters. The fourth-order valence-corrected chi connectivity index (χ4v) is 7.75. The summed E-state index contributed by atoms with van der Waals surface area (Å²) < 4.78 is 55.3. The zero-order valence-electron chi connectivity index (χ0n) is 28.1. The van der Waals surface area contributed by atoms with Crippen LogP contribution in [0.25, 0.3) is 0 Å². The fraction of sp³-hybridized carbons (Fsp3) is 0.529. The highest BCUT2D eigenvalue weighted by Crippen LogP contribution is 2.18. The standard InChI is InChI=1S/C34H47F2N5O6S.ClH/c1-4-8-27(9-5-2)48(46,47)21-30(39-33(44)28-12-13-32(43)41-40-28)34(45)38-29(17-24-15-25(35)18-26(36)16-24)31(42)20-37-19-23-11-7-10-22(6-3)14-23;/h7,10-11,14-16,18,27,29-31,37,42H,4-6,8-9,12-13,17,19-21H2,1-3H3,(H,38,45)(H,39,44)(H,41,43);1H/t29-,30?,31+;/m0./s1. The molecule has 15 heteroatoms. The number of aliphatic hydroxyl groups is 1. The molecule has 0 fully saturated rings. The third kappa shape index (κ3) is 13.4. The van der Waals surface area contributed by atoms with Gasteiger partial charge >= 0.3 is 0 Å². The van der Waals surface area contributed by atoms with E-state index >= 15 is 0 Å². The molecule has 0 spiro atoms.